The van der Waals surface area contributed by atoms with E-state index in [1.54, 1.807) is 24.3 Å². The molecular formula is C15H19N3O4S. The van der Waals surface area contributed by atoms with Gasteiger partial charge in [-0.25, -0.2) is 13.4 Å². The molecule has 0 atom stereocenters. The Hall–Kier alpha value is -1.93. The zero-order chi connectivity index (χ0) is 16.4. The summed E-state index contributed by atoms with van der Waals surface area (Å²) < 4.78 is 30.6. The fraction of sp³-hybridized carbons (Fsp3) is 0.467. The van der Waals surface area contributed by atoms with Gasteiger partial charge in [0, 0.05) is 25.5 Å². The van der Waals surface area contributed by atoms with Gasteiger partial charge < -0.3 is 14.6 Å². The number of rotatable bonds is 4. The molecule has 2 heterocycles. The number of hydrogen-bond donors (Lipinski definition) is 1. The molecule has 0 saturated carbocycles. The standard InChI is InChI=1S/C15H19N3O4S/c1-23(20,21)15-17-12-4-2-3-5-13(12)18(15)10-14(19)16-11-6-8-22-9-7-11/h2-5,11H,6-10H2,1H3,(H,16,19). The second-order valence-corrected chi connectivity index (χ2v) is 7.61. The minimum Gasteiger partial charge on any atom is -0.381 e. The molecule has 0 radical (unpaired) electrons. The molecule has 23 heavy (non-hydrogen) atoms. The van der Waals surface area contributed by atoms with Gasteiger partial charge in [0.1, 0.15) is 6.54 Å². The summed E-state index contributed by atoms with van der Waals surface area (Å²) in [6.07, 6.45) is 2.64. The van der Waals surface area contributed by atoms with Gasteiger partial charge in [-0.1, -0.05) is 12.1 Å². The van der Waals surface area contributed by atoms with Crippen LogP contribution in [0.25, 0.3) is 11.0 Å². The van der Waals surface area contributed by atoms with Crippen molar-refractivity contribution in [3.63, 3.8) is 0 Å². The number of nitrogens with one attached hydrogen (secondary N) is 1. The Balaban J connectivity index is 1.87. The minimum atomic E-state index is -3.52. The van der Waals surface area contributed by atoms with Crippen molar-refractivity contribution in [1.29, 1.82) is 0 Å². The summed E-state index contributed by atoms with van der Waals surface area (Å²) in [4.78, 5) is 16.5. The summed E-state index contributed by atoms with van der Waals surface area (Å²) >= 11 is 0. The van der Waals surface area contributed by atoms with Crippen LogP contribution >= 0.6 is 0 Å². The molecule has 2 aromatic rings. The van der Waals surface area contributed by atoms with Crippen LogP contribution in [-0.2, 0) is 25.9 Å². The summed E-state index contributed by atoms with van der Waals surface area (Å²) in [7, 11) is -3.52. The van der Waals surface area contributed by atoms with Gasteiger partial charge >= 0.3 is 0 Å². The average Bonchev–Trinajstić information content (AvgIpc) is 2.87. The molecule has 7 nitrogen and oxygen atoms in total. The lowest BCUT2D eigenvalue weighted by Gasteiger charge is -2.23. The highest BCUT2D eigenvalue weighted by Crippen LogP contribution is 2.19. The molecule has 1 aliphatic rings. The molecule has 0 bridgehead atoms. The molecule has 1 aliphatic heterocycles. The van der Waals surface area contributed by atoms with Gasteiger partial charge in [0.15, 0.2) is 0 Å². The Labute approximate surface area is 134 Å². The van der Waals surface area contributed by atoms with Crippen LogP contribution in [0.5, 0.6) is 0 Å². The number of sulfone groups is 1. The number of benzene rings is 1. The number of fused-ring (bicyclic) bond motifs is 1. The average molecular weight is 337 g/mol. The van der Waals surface area contributed by atoms with E-state index in [1.807, 2.05) is 0 Å². The Morgan fingerprint density at radius 2 is 2.04 bits per heavy atom. The summed E-state index contributed by atoms with van der Waals surface area (Å²) in [5.41, 5.74) is 1.20. The van der Waals surface area contributed by atoms with Crippen molar-refractivity contribution >= 4 is 26.8 Å². The first-order chi connectivity index (χ1) is 10.9. The number of carbonyl (C=O) groups excluding carboxylic acids is 1. The Kier molecular flexibility index (Phi) is 4.36. The maximum absolute atomic E-state index is 12.3. The quantitative estimate of drug-likeness (QED) is 0.888. The highest BCUT2D eigenvalue weighted by atomic mass is 32.2. The summed E-state index contributed by atoms with van der Waals surface area (Å²) in [6, 6.07) is 7.15. The van der Waals surface area contributed by atoms with Crippen LogP contribution in [0.2, 0.25) is 0 Å². The van der Waals surface area contributed by atoms with E-state index in [9.17, 15) is 13.2 Å². The number of ether oxygens (including phenoxy) is 1. The number of nitrogens with zero attached hydrogens (tertiary/aromatic N) is 2. The van der Waals surface area contributed by atoms with Gasteiger partial charge in [0.05, 0.1) is 11.0 Å². The van der Waals surface area contributed by atoms with Crippen LogP contribution in [0.15, 0.2) is 29.4 Å². The number of aromatic nitrogens is 2. The molecule has 1 saturated heterocycles. The summed E-state index contributed by atoms with van der Waals surface area (Å²) in [5.74, 6) is -0.218. The molecule has 0 aliphatic carbocycles. The first-order valence-corrected chi connectivity index (χ1v) is 9.37. The largest absolute Gasteiger partial charge is 0.381 e. The lowest BCUT2D eigenvalue weighted by Crippen LogP contribution is -2.40. The van der Waals surface area contributed by atoms with Crippen LogP contribution in [0.1, 0.15) is 12.8 Å². The van der Waals surface area contributed by atoms with Crippen LogP contribution in [0, 0.1) is 0 Å². The Morgan fingerprint density at radius 1 is 1.35 bits per heavy atom. The smallest absolute Gasteiger partial charge is 0.240 e. The first kappa shape index (κ1) is 15.9. The van der Waals surface area contributed by atoms with Gasteiger partial charge in [-0.05, 0) is 25.0 Å². The molecular weight excluding hydrogens is 318 g/mol. The van der Waals surface area contributed by atoms with E-state index in [0.29, 0.717) is 24.2 Å². The molecule has 1 N–H and O–H groups in total. The zero-order valence-electron chi connectivity index (χ0n) is 12.9. The number of para-hydroxylation sites is 2. The van der Waals surface area contributed by atoms with E-state index in [1.165, 1.54) is 4.57 Å². The molecule has 8 heteroatoms. The van der Waals surface area contributed by atoms with E-state index in [4.69, 9.17) is 4.74 Å². The second kappa shape index (κ2) is 6.29. The van der Waals surface area contributed by atoms with Gasteiger partial charge in [-0.15, -0.1) is 0 Å². The van der Waals surface area contributed by atoms with Crippen LogP contribution < -0.4 is 5.32 Å². The lowest BCUT2D eigenvalue weighted by atomic mass is 10.1. The minimum absolute atomic E-state index is 0.0692. The van der Waals surface area contributed by atoms with Crippen molar-refractivity contribution in [3.05, 3.63) is 24.3 Å². The highest BCUT2D eigenvalue weighted by Gasteiger charge is 2.22. The number of carbonyl (C=O) groups is 1. The van der Waals surface area contributed by atoms with Crippen LogP contribution in [0.4, 0.5) is 0 Å². The van der Waals surface area contributed by atoms with E-state index >= 15 is 0 Å². The topological polar surface area (TPSA) is 90.3 Å². The zero-order valence-corrected chi connectivity index (χ0v) is 13.7. The molecule has 1 fully saturated rings. The SMILES string of the molecule is CS(=O)(=O)c1nc2ccccc2n1CC(=O)NC1CCOCC1. The molecule has 1 amide bonds. The fourth-order valence-electron chi connectivity index (χ4n) is 2.75. The first-order valence-electron chi connectivity index (χ1n) is 7.47. The number of imidazole rings is 1. The van der Waals surface area contributed by atoms with Crippen molar-refractivity contribution in [2.24, 2.45) is 0 Å². The second-order valence-electron chi connectivity index (χ2n) is 5.70. The van der Waals surface area contributed by atoms with Crippen molar-refractivity contribution in [3.8, 4) is 0 Å². The third kappa shape index (κ3) is 3.53. The highest BCUT2D eigenvalue weighted by molar-refractivity contribution is 7.90. The fourth-order valence-corrected chi connectivity index (χ4v) is 3.58. The third-order valence-electron chi connectivity index (χ3n) is 3.84. The van der Waals surface area contributed by atoms with Crippen molar-refractivity contribution in [2.75, 3.05) is 19.5 Å². The van der Waals surface area contributed by atoms with Crippen molar-refractivity contribution in [1.82, 2.24) is 14.9 Å². The third-order valence-corrected chi connectivity index (χ3v) is 4.81. The number of amides is 1. The van der Waals surface area contributed by atoms with Gasteiger partial charge in [0.2, 0.25) is 20.9 Å². The molecule has 0 unspecified atom stereocenters. The number of hydrogen-bond acceptors (Lipinski definition) is 5. The Bertz CT molecular complexity index is 822. The van der Waals surface area contributed by atoms with E-state index < -0.39 is 9.84 Å². The molecule has 0 spiro atoms. The van der Waals surface area contributed by atoms with Gasteiger partial charge in [0.25, 0.3) is 0 Å². The molecule has 1 aromatic carbocycles. The van der Waals surface area contributed by atoms with Crippen LogP contribution in [-0.4, -0.2) is 49.4 Å². The predicted octanol–water partition coefficient (Wildman–Crippen LogP) is 0.735. The molecule has 124 valence electrons. The van der Waals surface area contributed by atoms with Crippen LogP contribution in [0.3, 0.4) is 0 Å². The van der Waals surface area contributed by atoms with E-state index in [-0.39, 0.29) is 23.7 Å². The lowest BCUT2D eigenvalue weighted by molar-refractivity contribution is -0.123. The summed E-state index contributed by atoms with van der Waals surface area (Å²) in [6.45, 7) is 1.20. The van der Waals surface area contributed by atoms with Gasteiger partial charge in [-0.2, -0.15) is 0 Å². The maximum Gasteiger partial charge on any atom is 0.240 e. The van der Waals surface area contributed by atoms with Crippen molar-refractivity contribution in [2.45, 2.75) is 30.6 Å². The normalized spacial score (nSPS) is 16.6. The van der Waals surface area contributed by atoms with E-state index in [0.717, 1.165) is 19.1 Å². The molecule has 1 aromatic heterocycles. The Morgan fingerprint density at radius 3 is 2.74 bits per heavy atom. The van der Waals surface area contributed by atoms with Gasteiger partial charge in [-0.3, -0.25) is 4.79 Å². The predicted molar refractivity (Wildman–Crippen MR) is 84.8 cm³/mol. The summed E-state index contributed by atoms with van der Waals surface area (Å²) in [5, 5.41) is 2.86. The maximum atomic E-state index is 12.3. The van der Waals surface area contributed by atoms with Crippen molar-refractivity contribution < 1.29 is 17.9 Å². The molecule has 3 rings (SSSR count). The van der Waals surface area contributed by atoms with E-state index in [2.05, 4.69) is 10.3 Å². The monoisotopic (exact) mass is 337 g/mol.